The third-order valence-electron chi connectivity index (χ3n) is 6.68. The van der Waals surface area contributed by atoms with E-state index in [2.05, 4.69) is 55.3 Å². The van der Waals surface area contributed by atoms with Gasteiger partial charge in [0.2, 0.25) is 0 Å². The number of nitrogens with zero attached hydrogens (tertiary/aromatic N) is 4. The molecule has 3 aromatic heterocycles. The van der Waals surface area contributed by atoms with Crippen molar-refractivity contribution in [2.24, 2.45) is 0 Å². The van der Waals surface area contributed by atoms with Crippen LogP contribution in [0.25, 0.3) is 22.0 Å². The molecule has 1 fully saturated rings. The molecule has 1 aliphatic heterocycles. The lowest BCUT2D eigenvalue weighted by molar-refractivity contribution is 0.0707. The maximum atomic E-state index is 12.4. The van der Waals surface area contributed by atoms with E-state index in [0.29, 0.717) is 36.2 Å². The lowest BCUT2D eigenvalue weighted by Crippen LogP contribution is -2.24. The van der Waals surface area contributed by atoms with E-state index in [-0.39, 0.29) is 5.56 Å². The highest BCUT2D eigenvalue weighted by atomic mass is 16.5. The molecule has 0 unspecified atom stereocenters. The maximum Gasteiger partial charge on any atom is 0.255 e. The van der Waals surface area contributed by atoms with Crippen molar-refractivity contribution < 1.29 is 4.74 Å². The number of H-pyrrole nitrogens is 1. The third-order valence-corrected chi connectivity index (χ3v) is 6.68. The smallest absolute Gasteiger partial charge is 0.255 e. The maximum absolute atomic E-state index is 12.4. The third kappa shape index (κ3) is 4.74. The van der Waals surface area contributed by atoms with Crippen molar-refractivity contribution in [3.63, 3.8) is 0 Å². The Hall–Kier alpha value is -3.80. The number of aromatic amines is 1. The lowest BCUT2D eigenvalue weighted by Gasteiger charge is -2.25. The second kappa shape index (κ2) is 9.82. The zero-order valence-electron chi connectivity index (χ0n) is 20.0. The zero-order valence-corrected chi connectivity index (χ0v) is 20.0. The fourth-order valence-corrected chi connectivity index (χ4v) is 4.84. The van der Waals surface area contributed by atoms with Crippen LogP contribution in [0.15, 0.2) is 47.5 Å². The molecule has 2 N–H and O–H groups in total. The highest BCUT2D eigenvalue weighted by Gasteiger charge is 2.19. The number of hydrogen-bond acceptors (Lipinski definition) is 6. The number of fused-ring (bicyclic) bond motifs is 1. The first-order valence-electron chi connectivity index (χ1n) is 11.9. The van der Waals surface area contributed by atoms with Gasteiger partial charge in [0, 0.05) is 66.9 Å². The van der Waals surface area contributed by atoms with Crippen LogP contribution in [0, 0.1) is 25.2 Å². The molecule has 0 aliphatic carbocycles. The number of benzene rings is 1. The van der Waals surface area contributed by atoms with E-state index >= 15 is 0 Å². The predicted molar refractivity (Wildman–Crippen MR) is 134 cm³/mol. The molecule has 1 saturated heterocycles. The summed E-state index contributed by atoms with van der Waals surface area (Å²) in [6, 6.07) is 12.7. The summed E-state index contributed by atoms with van der Waals surface area (Å²) in [5.74, 6) is 0.621. The molecule has 0 atom stereocenters. The Morgan fingerprint density at radius 3 is 2.71 bits per heavy atom. The number of aromatic nitrogens is 4. The number of rotatable bonds is 6. The summed E-state index contributed by atoms with van der Waals surface area (Å²) in [6.07, 6.45) is 5.90. The molecule has 4 aromatic rings. The molecule has 8 heteroatoms. The van der Waals surface area contributed by atoms with Gasteiger partial charge in [0.15, 0.2) is 0 Å². The summed E-state index contributed by atoms with van der Waals surface area (Å²) in [5.41, 5.74) is 6.01. The second-order valence-electron chi connectivity index (χ2n) is 9.00. The van der Waals surface area contributed by atoms with Gasteiger partial charge in [-0.25, -0.2) is 9.97 Å². The first-order valence-corrected chi connectivity index (χ1v) is 11.9. The molecule has 1 aliphatic rings. The monoisotopic (exact) mass is 468 g/mol. The van der Waals surface area contributed by atoms with Crippen LogP contribution in [0.2, 0.25) is 0 Å². The van der Waals surface area contributed by atoms with Crippen LogP contribution >= 0.6 is 0 Å². The number of aryl methyl sites for hydroxylation is 2. The topological polar surface area (TPSA) is 109 Å². The summed E-state index contributed by atoms with van der Waals surface area (Å²) < 4.78 is 7.94. The molecule has 35 heavy (non-hydrogen) atoms. The molecule has 8 nitrogen and oxygen atoms in total. The van der Waals surface area contributed by atoms with E-state index < -0.39 is 0 Å². The highest BCUT2D eigenvalue weighted by molar-refractivity contribution is 5.89. The Morgan fingerprint density at radius 1 is 1.17 bits per heavy atom. The molecule has 178 valence electrons. The first-order chi connectivity index (χ1) is 17.0. The van der Waals surface area contributed by atoms with Gasteiger partial charge in [0.25, 0.3) is 5.56 Å². The summed E-state index contributed by atoms with van der Waals surface area (Å²) in [7, 11) is 0. The number of nitrogens with one attached hydrogen (secondary N) is 2. The molecule has 1 aromatic carbocycles. The molecule has 0 bridgehead atoms. The van der Waals surface area contributed by atoms with Crippen LogP contribution in [0.4, 0.5) is 0 Å². The Morgan fingerprint density at radius 2 is 2.00 bits per heavy atom. The molecule has 0 spiro atoms. The molecule has 4 heterocycles. The van der Waals surface area contributed by atoms with Crippen molar-refractivity contribution >= 4 is 10.9 Å². The van der Waals surface area contributed by atoms with E-state index in [1.165, 1.54) is 10.9 Å². The highest BCUT2D eigenvalue weighted by Crippen LogP contribution is 2.32. The van der Waals surface area contributed by atoms with Gasteiger partial charge in [-0.3, -0.25) is 4.79 Å². The van der Waals surface area contributed by atoms with E-state index in [1.54, 1.807) is 19.2 Å². The van der Waals surface area contributed by atoms with Crippen molar-refractivity contribution in [1.82, 2.24) is 24.8 Å². The van der Waals surface area contributed by atoms with Gasteiger partial charge >= 0.3 is 0 Å². The van der Waals surface area contributed by atoms with E-state index in [0.717, 1.165) is 48.4 Å². The van der Waals surface area contributed by atoms with Crippen molar-refractivity contribution in [1.29, 1.82) is 5.26 Å². The van der Waals surface area contributed by atoms with Crippen LogP contribution in [0.1, 0.15) is 47.2 Å². The standard InChI is InChI=1S/C27H28N6O2/c1-17-25(27(34)32-18(2)31-17)16-29-14-21-11-20(19-3-4-22(13-28)30-15-19)12-26-24(21)5-8-33(26)23-6-9-35-10-7-23/h3-5,8,11-12,15,23,29H,6-7,9-10,14,16H2,1-2H3,(H,31,32,34). The average Bonchev–Trinajstić information content (AvgIpc) is 3.30. The molecule has 0 saturated carbocycles. The number of nitriles is 1. The van der Waals surface area contributed by atoms with Crippen LogP contribution in [0.3, 0.4) is 0 Å². The van der Waals surface area contributed by atoms with Gasteiger partial charge in [-0.2, -0.15) is 5.26 Å². The van der Waals surface area contributed by atoms with Crippen LogP contribution in [-0.4, -0.2) is 32.7 Å². The lowest BCUT2D eigenvalue weighted by atomic mass is 10.0. The van der Waals surface area contributed by atoms with Gasteiger partial charge in [-0.1, -0.05) is 0 Å². The summed E-state index contributed by atoms with van der Waals surface area (Å²) in [4.78, 5) is 23.9. The summed E-state index contributed by atoms with van der Waals surface area (Å²) in [5, 5.41) is 13.8. The molecule has 0 amide bonds. The number of ether oxygens (including phenoxy) is 1. The number of hydrogen-bond donors (Lipinski definition) is 2. The Labute approximate surface area is 203 Å². The minimum absolute atomic E-state index is 0.101. The minimum Gasteiger partial charge on any atom is -0.381 e. The van der Waals surface area contributed by atoms with Gasteiger partial charge < -0.3 is 19.6 Å². The van der Waals surface area contributed by atoms with Crippen LogP contribution in [0.5, 0.6) is 0 Å². The average molecular weight is 469 g/mol. The number of pyridine rings is 1. The van der Waals surface area contributed by atoms with Gasteiger partial charge in [-0.05, 0) is 68.1 Å². The van der Waals surface area contributed by atoms with Gasteiger partial charge in [0.1, 0.15) is 17.6 Å². The fraction of sp³-hybridized carbons (Fsp3) is 0.333. The molecule has 5 rings (SSSR count). The van der Waals surface area contributed by atoms with Crippen molar-refractivity contribution in [2.75, 3.05) is 13.2 Å². The fourth-order valence-electron chi connectivity index (χ4n) is 4.84. The van der Waals surface area contributed by atoms with E-state index in [1.807, 2.05) is 13.0 Å². The van der Waals surface area contributed by atoms with Crippen LogP contribution in [-0.2, 0) is 17.8 Å². The SMILES string of the molecule is Cc1nc(C)c(CNCc2cc(-c3ccc(C#N)nc3)cc3c2ccn3C2CCOCC2)c(=O)[nH]1. The molecule has 0 radical (unpaired) electrons. The van der Waals surface area contributed by atoms with Crippen molar-refractivity contribution in [3.8, 4) is 17.2 Å². The first kappa shape index (κ1) is 23.0. The Kier molecular flexibility index (Phi) is 6.45. The van der Waals surface area contributed by atoms with Gasteiger partial charge in [0.05, 0.1) is 5.56 Å². The van der Waals surface area contributed by atoms with Crippen molar-refractivity contribution in [2.45, 2.75) is 45.8 Å². The summed E-state index contributed by atoms with van der Waals surface area (Å²) in [6.45, 7) is 6.23. The quantitative estimate of drug-likeness (QED) is 0.444. The molecular formula is C27H28N6O2. The normalized spacial score (nSPS) is 14.3. The predicted octanol–water partition coefficient (Wildman–Crippen LogP) is 3.92. The van der Waals surface area contributed by atoms with Gasteiger partial charge in [-0.15, -0.1) is 0 Å². The zero-order chi connectivity index (χ0) is 24.4. The van der Waals surface area contributed by atoms with Crippen LogP contribution < -0.4 is 10.9 Å². The van der Waals surface area contributed by atoms with Crippen molar-refractivity contribution in [3.05, 3.63) is 81.4 Å². The minimum atomic E-state index is -0.101. The Bertz CT molecular complexity index is 1460. The Balaban J connectivity index is 1.50. The largest absolute Gasteiger partial charge is 0.381 e. The summed E-state index contributed by atoms with van der Waals surface area (Å²) >= 11 is 0. The second-order valence-corrected chi connectivity index (χ2v) is 9.00. The van der Waals surface area contributed by atoms with E-state index in [4.69, 9.17) is 10.00 Å². The molecular weight excluding hydrogens is 440 g/mol. The van der Waals surface area contributed by atoms with E-state index in [9.17, 15) is 4.79 Å².